The Balaban J connectivity index is 1.86. The predicted molar refractivity (Wildman–Crippen MR) is 112 cm³/mol. The van der Waals surface area contributed by atoms with Crippen molar-refractivity contribution in [2.24, 2.45) is 0 Å². The molecule has 0 unspecified atom stereocenters. The van der Waals surface area contributed by atoms with Crippen molar-refractivity contribution in [2.45, 2.75) is 0 Å². The van der Waals surface area contributed by atoms with E-state index in [0.29, 0.717) is 0 Å². The zero-order chi connectivity index (χ0) is 17.8. The van der Waals surface area contributed by atoms with E-state index >= 15 is 0 Å². The smallest absolute Gasteiger partial charge is 0.0919 e. The molecule has 0 aliphatic carbocycles. The maximum atomic E-state index is 6.02. The summed E-state index contributed by atoms with van der Waals surface area (Å²) in [5.74, 6) is 1.22. The minimum absolute atomic E-state index is 0.865. The van der Waals surface area contributed by atoms with Gasteiger partial charge in [0.15, 0.2) is 0 Å². The summed E-state index contributed by atoms with van der Waals surface area (Å²) < 4.78 is 6.02. The van der Waals surface area contributed by atoms with Crippen molar-refractivity contribution < 1.29 is 4.52 Å². The summed E-state index contributed by atoms with van der Waals surface area (Å²) >= 11 is 0. The number of rotatable bonds is 4. The van der Waals surface area contributed by atoms with Gasteiger partial charge in [-0.05, 0) is 16.7 Å². The second-order valence-corrected chi connectivity index (χ2v) is 8.01. The average molecular weight is 355 g/mol. The Morgan fingerprint density at radius 3 is 1.31 bits per heavy atom. The van der Waals surface area contributed by atoms with E-state index in [2.05, 4.69) is 103 Å². The lowest BCUT2D eigenvalue weighted by Crippen LogP contribution is -2.03. The molecule has 0 bridgehead atoms. The molecule has 0 N–H and O–H groups in total. The van der Waals surface area contributed by atoms with Gasteiger partial charge in [0.25, 0.3) is 0 Å². The van der Waals surface area contributed by atoms with E-state index in [9.17, 15) is 0 Å². The topological polar surface area (TPSA) is 9.23 Å². The van der Waals surface area contributed by atoms with Crippen LogP contribution in [0.4, 0.5) is 0 Å². The van der Waals surface area contributed by atoms with Crippen LogP contribution in [0, 0.1) is 5.92 Å². The fourth-order valence-electron chi connectivity index (χ4n) is 3.20. The van der Waals surface area contributed by atoms with Crippen LogP contribution in [0.15, 0.2) is 103 Å². The van der Waals surface area contributed by atoms with Crippen molar-refractivity contribution >= 4 is 18.8 Å². The van der Waals surface area contributed by atoms with E-state index in [0.717, 1.165) is 0 Å². The van der Waals surface area contributed by atoms with Crippen molar-refractivity contribution in [3.05, 3.63) is 126 Å². The van der Waals surface area contributed by atoms with Crippen LogP contribution in [0.25, 0.3) is 10.6 Å². The third kappa shape index (κ3) is 3.42. The van der Waals surface area contributed by atoms with Crippen LogP contribution in [-0.4, -0.2) is 7.11 Å². The van der Waals surface area contributed by atoms with E-state index in [-0.39, 0.29) is 0 Å². The quantitative estimate of drug-likeness (QED) is 0.470. The van der Waals surface area contributed by atoms with Crippen LogP contribution < -0.4 is 0 Å². The summed E-state index contributed by atoms with van der Waals surface area (Å²) in [5.41, 5.74) is 3.66. The zero-order valence-corrected chi connectivity index (χ0v) is 15.6. The van der Waals surface area contributed by atoms with E-state index < -0.39 is 8.15 Å². The Morgan fingerprint density at radius 1 is 0.538 bits per heavy atom. The molecule has 1 nitrogen and oxygen atoms in total. The van der Waals surface area contributed by atoms with Gasteiger partial charge in [0, 0.05) is 23.7 Å². The molecule has 0 saturated heterocycles. The summed E-state index contributed by atoms with van der Waals surface area (Å²) in [4.78, 5) is 0. The Hall–Kier alpha value is -2.47. The van der Waals surface area contributed by atoms with Gasteiger partial charge in [-0.3, -0.25) is 0 Å². The van der Waals surface area contributed by atoms with Crippen molar-refractivity contribution in [1.82, 2.24) is 0 Å². The largest absolute Gasteiger partial charge is 0.353 e. The van der Waals surface area contributed by atoms with Crippen molar-refractivity contribution in [2.75, 3.05) is 7.11 Å². The molecule has 1 radical (unpaired) electrons. The summed E-state index contributed by atoms with van der Waals surface area (Å²) in [6, 6.07) is 31.6. The number of allylic oxidation sites excluding steroid dienone is 2. The first-order chi connectivity index (χ1) is 12.9. The highest BCUT2D eigenvalue weighted by Gasteiger charge is 2.28. The van der Waals surface area contributed by atoms with Gasteiger partial charge >= 0.3 is 0 Å². The monoisotopic (exact) mass is 355 g/mol. The van der Waals surface area contributed by atoms with Gasteiger partial charge in [-0.25, -0.2) is 0 Å². The van der Waals surface area contributed by atoms with Crippen molar-refractivity contribution in [1.29, 1.82) is 0 Å². The SMILES string of the molecule is COP1C(c2ccccc2)=C[C](c2ccccc2)C=C1c1ccccc1. The van der Waals surface area contributed by atoms with Gasteiger partial charge in [0.05, 0.1) is 8.15 Å². The van der Waals surface area contributed by atoms with E-state index in [1.165, 1.54) is 33.2 Å². The first kappa shape index (κ1) is 17.0. The summed E-state index contributed by atoms with van der Waals surface area (Å²) in [6.07, 6.45) is 4.57. The maximum Gasteiger partial charge on any atom is 0.0919 e. The standard InChI is InChI=1S/C24H20OP/c1-25-26-23(20-13-7-3-8-14-20)17-22(19-11-5-2-6-12-19)18-24(26)21-15-9-4-10-16-21/h2-18H,1H3. The molecule has 0 aromatic heterocycles. The minimum atomic E-state index is -0.865. The maximum absolute atomic E-state index is 6.02. The first-order valence-electron chi connectivity index (χ1n) is 8.67. The van der Waals surface area contributed by atoms with Gasteiger partial charge < -0.3 is 4.52 Å². The number of hydrogen-bond acceptors (Lipinski definition) is 1. The number of hydrogen-bond donors (Lipinski definition) is 0. The molecular weight excluding hydrogens is 335 g/mol. The van der Waals surface area contributed by atoms with Gasteiger partial charge in [0.2, 0.25) is 0 Å². The third-order valence-corrected chi connectivity index (χ3v) is 6.47. The second kappa shape index (κ2) is 7.83. The Bertz CT molecular complexity index is 857. The molecule has 3 aromatic carbocycles. The minimum Gasteiger partial charge on any atom is -0.353 e. The third-order valence-electron chi connectivity index (χ3n) is 4.45. The molecule has 0 amide bonds. The van der Waals surface area contributed by atoms with Crippen LogP contribution >= 0.6 is 8.15 Å². The lowest BCUT2D eigenvalue weighted by Gasteiger charge is -2.29. The van der Waals surface area contributed by atoms with Crippen molar-refractivity contribution in [3.8, 4) is 0 Å². The van der Waals surface area contributed by atoms with Gasteiger partial charge in [0.1, 0.15) is 0 Å². The van der Waals surface area contributed by atoms with E-state index in [4.69, 9.17) is 4.52 Å². The molecule has 26 heavy (non-hydrogen) atoms. The molecule has 1 aliphatic rings. The molecule has 1 heterocycles. The summed E-state index contributed by atoms with van der Waals surface area (Å²) in [6.45, 7) is 0. The second-order valence-electron chi connectivity index (χ2n) is 6.09. The molecule has 0 saturated carbocycles. The number of benzene rings is 3. The molecule has 0 fully saturated rings. The van der Waals surface area contributed by atoms with Crippen LogP contribution in [-0.2, 0) is 4.52 Å². The molecule has 2 heteroatoms. The highest BCUT2D eigenvalue weighted by atomic mass is 31.1. The van der Waals surface area contributed by atoms with Crippen LogP contribution in [0.3, 0.4) is 0 Å². The van der Waals surface area contributed by atoms with Crippen LogP contribution in [0.2, 0.25) is 0 Å². The Labute approximate surface area is 156 Å². The first-order valence-corrected chi connectivity index (χ1v) is 9.93. The fourth-order valence-corrected chi connectivity index (χ4v) is 5.13. The van der Waals surface area contributed by atoms with Crippen LogP contribution in [0.5, 0.6) is 0 Å². The van der Waals surface area contributed by atoms with Gasteiger partial charge in [-0.1, -0.05) is 103 Å². The molecule has 4 rings (SSSR count). The normalized spacial score (nSPS) is 15.4. The van der Waals surface area contributed by atoms with Crippen LogP contribution in [0.1, 0.15) is 16.7 Å². The predicted octanol–water partition coefficient (Wildman–Crippen LogP) is 6.75. The molecular formula is C24H20OP. The van der Waals surface area contributed by atoms with E-state index in [1.54, 1.807) is 0 Å². The van der Waals surface area contributed by atoms with Gasteiger partial charge in [-0.2, -0.15) is 0 Å². The molecule has 3 aromatic rings. The lowest BCUT2D eigenvalue weighted by atomic mass is 9.95. The lowest BCUT2D eigenvalue weighted by molar-refractivity contribution is 0.475. The molecule has 0 spiro atoms. The highest BCUT2D eigenvalue weighted by Crippen LogP contribution is 2.64. The van der Waals surface area contributed by atoms with E-state index in [1.807, 2.05) is 7.11 Å². The molecule has 127 valence electrons. The van der Waals surface area contributed by atoms with Crippen molar-refractivity contribution in [3.63, 3.8) is 0 Å². The Kier molecular flexibility index (Phi) is 5.11. The fraction of sp³-hybridized carbons (Fsp3) is 0.0417. The highest BCUT2D eigenvalue weighted by molar-refractivity contribution is 7.73. The average Bonchev–Trinajstić information content (AvgIpc) is 2.74. The zero-order valence-electron chi connectivity index (χ0n) is 14.7. The summed E-state index contributed by atoms with van der Waals surface area (Å²) in [7, 11) is 0.948. The molecule has 0 atom stereocenters. The molecule has 1 aliphatic heterocycles. The Morgan fingerprint density at radius 2 is 0.923 bits per heavy atom. The summed E-state index contributed by atoms with van der Waals surface area (Å²) in [5, 5.41) is 2.51. The van der Waals surface area contributed by atoms with Gasteiger partial charge in [-0.15, -0.1) is 0 Å².